The van der Waals surface area contributed by atoms with Gasteiger partial charge in [-0.25, -0.2) is 0 Å². The second-order valence-electron chi connectivity index (χ2n) is 3.99. The number of nitriles is 1. The fraction of sp³-hybridized carbons (Fsp3) is 0.727. The van der Waals surface area contributed by atoms with Crippen molar-refractivity contribution in [2.75, 3.05) is 19.6 Å². The average molecular weight is 178 g/mol. The van der Waals surface area contributed by atoms with Crippen molar-refractivity contribution in [3.63, 3.8) is 0 Å². The summed E-state index contributed by atoms with van der Waals surface area (Å²) in [6.07, 6.45) is 4.35. The number of allylic oxidation sites excluding steroid dienone is 1. The first-order chi connectivity index (χ1) is 6.22. The number of hydrogen-bond acceptors (Lipinski definition) is 2. The molecule has 0 aliphatic carbocycles. The molecule has 1 rings (SSSR count). The maximum atomic E-state index is 8.71. The third-order valence-electron chi connectivity index (χ3n) is 2.53. The van der Waals surface area contributed by atoms with E-state index in [0.29, 0.717) is 5.92 Å². The minimum absolute atomic E-state index is 0.308. The number of nitrogens with zero attached hydrogens (tertiary/aromatic N) is 2. The van der Waals surface area contributed by atoms with Crippen molar-refractivity contribution in [3.05, 3.63) is 11.6 Å². The van der Waals surface area contributed by atoms with Crippen molar-refractivity contribution in [2.45, 2.75) is 26.7 Å². The summed E-state index contributed by atoms with van der Waals surface area (Å²) in [5, 5.41) is 8.71. The molecular weight excluding hydrogens is 160 g/mol. The van der Waals surface area contributed by atoms with Gasteiger partial charge >= 0.3 is 0 Å². The van der Waals surface area contributed by atoms with E-state index < -0.39 is 0 Å². The molecule has 0 radical (unpaired) electrons. The van der Waals surface area contributed by atoms with E-state index >= 15 is 0 Å². The first kappa shape index (κ1) is 10.3. The van der Waals surface area contributed by atoms with Gasteiger partial charge in [0.25, 0.3) is 0 Å². The Morgan fingerprint density at radius 2 is 2.08 bits per heavy atom. The SMILES string of the molecule is CC(C)=CCN1CCC(C#N)CC1. The predicted octanol–water partition coefficient (Wildman–Crippen LogP) is 2.19. The van der Waals surface area contributed by atoms with Crippen LogP contribution >= 0.6 is 0 Å². The van der Waals surface area contributed by atoms with E-state index in [9.17, 15) is 0 Å². The lowest BCUT2D eigenvalue weighted by Crippen LogP contribution is -2.33. The Bertz CT molecular complexity index is 213. The van der Waals surface area contributed by atoms with Crippen LogP contribution in [0, 0.1) is 17.2 Å². The number of rotatable bonds is 2. The summed E-state index contributed by atoms with van der Waals surface area (Å²) in [7, 11) is 0. The highest BCUT2D eigenvalue weighted by Gasteiger charge is 2.17. The maximum Gasteiger partial charge on any atom is 0.0656 e. The van der Waals surface area contributed by atoms with E-state index in [4.69, 9.17) is 5.26 Å². The highest BCUT2D eigenvalue weighted by molar-refractivity contribution is 4.96. The lowest BCUT2D eigenvalue weighted by molar-refractivity contribution is 0.225. The minimum atomic E-state index is 0.308. The summed E-state index contributed by atoms with van der Waals surface area (Å²) < 4.78 is 0. The van der Waals surface area contributed by atoms with Gasteiger partial charge in [0.05, 0.1) is 6.07 Å². The van der Waals surface area contributed by atoms with Crippen LogP contribution in [0.1, 0.15) is 26.7 Å². The van der Waals surface area contributed by atoms with E-state index in [1.807, 2.05) is 0 Å². The fourth-order valence-corrected chi connectivity index (χ4v) is 1.56. The summed E-state index contributed by atoms with van der Waals surface area (Å²) in [4.78, 5) is 2.42. The van der Waals surface area contributed by atoms with E-state index in [2.05, 4.69) is 30.9 Å². The Hall–Kier alpha value is -0.810. The van der Waals surface area contributed by atoms with Gasteiger partial charge in [-0.1, -0.05) is 11.6 Å². The highest BCUT2D eigenvalue weighted by Crippen LogP contribution is 2.15. The largest absolute Gasteiger partial charge is 0.300 e. The molecule has 0 aromatic rings. The molecule has 0 atom stereocenters. The summed E-state index contributed by atoms with van der Waals surface area (Å²) in [6, 6.07) is 2.35. The maximum absolute atomic E-state index is 8.71. The molecule has 1 fully saturated rings. The summed E-state index contributed by atoms with van der Waals surface area (Å²) >= 11 is 0. The Labute approximate surface area is 80.8 Å². The Balaban J connectivity index is 2.26. The zero-order valence-corrected chi connectivity index (χ0v) is 8.58. The van der Waals surface area contributed by atoms with Gasteiger partial charge in [0, 0.05) is 12.5 Å². The molecule has 0 aromatic carbocycles. The van der Waals surface area contributed by atoms with E-state index in [0.717, 1.165) is 32.5 Å². The molecule has 0 saturated carbocycles. The standard InChI is InChI=1S/C11H18N2/c1-10(2)3-6-13-7-4-11(9-12)5-8-13/h3,11H,4-8H2,1-2H3. The third-order valence-corrected chi connectivity index (χ3v) is 2.53. The van der Waals surface area contributed by atoms with Gasteiger partial charge in [-0.05, 0) is 39.8 Å². The van der Waals surface area contributed by atoms with Gasteiger partial charge in [-0.2, -0.15) is 5.26 Å². The van der Waals surface area contributed by atoms with Crippen LogP contribution in [-0.2, 0) is 0 Å². The van der Waals surface area contributed by atoms with Crippen LogP contribution in [0.4, 0.5) is 0 Å². The molecule has 1 heterocycles. The third kappa shape index (κ3) is 3.61. The molecule has 13 heavy (non-hydrogen) atoms. The van der Waals surface area contributed by atoms with Gasteiger partial charge in [-0.3, -0.25) is 4.90 Å². The molecule has 1 aliphatic heterocycles. The minimum Gasteiger partial charge on any atom is -0.300 e. The second kappa shape index (κ2) is 5.04. The quantitative estimate of drug-likeness (QED) is 0.606. The molecule has 1 aliphatic rings. The number of likely N-dealkylation sites (tertiary alicyclic amines) is 1. The van der Waals surface area contributed by atoms with Gasteiger partial charge < -0.3 is 0 Å². The summed E-state index contributed by atoms with van der Waals surface area (Å²) in [5.74, 6) is 0.308. The lowest BCUT2D eigenvalue weighted by atomic mass is 9.99. The molecule has 72 valence electrons. The molecule has 2 heteroatoms. The highest BCUT2D eigenvalue weighted by atomic mass is 15.1. The van der Waals surface area contributed by atoms with Gasteiger partial charge in [0.1, 0.15) is 0 Å². The lowest BCUT2D eigenvalue weighted by Gasteiger charge is -2.27. The molecular formula is C11H18N2. The van der Waals surface area contributed by atoms with Gasteiger partial charge in [0.2, 0.25) is 0 Å². The van der Waals surface area contributed by atoms with E-state index in [1.165, 1.54) is 5.57 Å². The average Bonchev–Trinajstić information content (AvgIpc) is 2.15. The molecule has 0 amide bonds. The van der Waals surface area contributed by atoms with Gasteiger partial charge in [-0.15, -0.1) is 0 Å². The zero-order chi connectivity index (χ0) is 9.68. The molecule has 1 saturated heterocycles. The van der Waals surface area contributed by atoms with Crippen molar-refractivity contribution in [1.29, 1.82) is 5.26 Å². The molecule has 0 spiro atoms. The molecule has 0 unspecified atom stereocenters. The monoisotopic (exact) mass is 178 g/mol. The van der Waals surface area contributed by atoms with Crippen molar-refractivity contribution >= 4 is 0 Å². The van der Waals surface area contributed by atoms with Crippen molar-refractivity contribution < 1.29 is 0 Å². The fourth-order valence-electron chi connectivity index (χ4n) is 1.56. The van der Waals surface area contributed by atoms with Crippen LogP contribution in [0.3, 0.4) is 0 Å². The molecule has 0 aromatic heterocycles. The van der Waals surface area contributed by atoms with Crippen LogP contribution in [0.2, 0.25) is 0 Å². The van der Waals surface area contributed by atoms with Crippen molar-refractivity contribution in [2.24, 2.45) is 5.92 Å². The Kier molecular flexibility index (Phi) is 3.98. The smallest absolute Gasteiger partial charge is 0.0656 e. The predicted molar refractivity (Wildman–Crippen MR) is 54.2 cm³/mol. The van der Waals surface area contributed by atoms with Crippen LogP contribution in [0.25, 0.3) is 0 Å². The van der Waals surface area contributed by atoms with E-state index in [1.54, 1.807) is 0 Å². The first-order valence-electron chi connectivity index (χ1n) is 4.97. The zero-order valence-electron chi connectivity index (χ0n) is 8.58. The Morgan fingerprint density at radius 3 is 2.54 bits per heavy atom. The van der Waals surface area contributed by atoms with Crippen LogP contribution in [-0.4, -0.2) is 24.5 Å². The van der Waals surface area contributed by atoms with Crippen LogP contribution in [0.15, 0.2) is 11.6 Å². The molecule has 0 bridgehead atoms. The van der Waals surface area contributed by atoms with Gasteiger partial charge in [0.15, 0.2) is 0 Å². The van der Waals surface area contributed by atoms with Crippen LogP contribution in [0.5, 0.6) is 0 Å². The number of hydrogen-bond donors (Lipinski definition) is 0. The Morgan fingerprint density at radius 1 is 1.46 bits per heavy atom. The summed E-state index contributed by atoms with van der Waals surface area (Å²) in [5.41, 5.74) is 1.38. The topological polar surface area (TPSA) is 27.0 Å². The van der Waals surface area contributed by atoms with Crippen molar-refractivity contribution in [3.8, 4) is 6.07 Å². The first-order valence-corrected chi connectivity index (χ1v) is 4.97. The van der Waals surface area contributed by atoms with Crippen LogP contribution < -0.4 is 0 Å². The molecule has 0 N–H and O–H groups in total. The van der Waals surface area contributed by atoms with E-state index in [-0.39, 0.29) is 0 Å². The second-order valence-corrected chi connectivity index (χ2v) is 3.99. The molecule has 2 nitrogen and oxygen atoms in total. The normalized spacial score (nSPS) is 19.5. The number of piperidine rings is 1. The summed E-state index contributed by atoms with van der Waals surface area (Å²) in [6.45, 7) is 7.48. The van der Waals surface area contributed by atoms with Crippen molar-refractivity contribution in [1.82, 2.24) is 4.90 Å².